The van der Waals surface area contributed by atoms with Crippen LogP contribution in [0.1, 0.15) is 21.7 Å². The molecule has 0 aliphatic rings. The van der Waals surface area contributed by atoms with Crippen molar-refractivity contribution >= 4 is 16.7 Å². The number of rotatable bonds is 4. The summed E-state index contributed by atoms with van der Waals surface area (Å²) in [5.74, 6) is -1.45. The monoisotopic (exact) mass is 347 g/mol. The molecule has 8 heteroatoms. The van der Waals surface area contributed by atoms with Gasteiger partial charge in [-0.25, -0.2) is 0 Å². The molecular formula is C18H13N5O3. The van der Waals surface area contributed by atoms with E-state index in [1.807, 2.05) is 30.3 Å². The number of ketones is 1. The lowest BCUT2D eigenvalue weighted by Gasteiger charge is -2.14. The third-order valence-electron chi connectivity index (χ3n) is 4.10. The minimum Gasteiger partial charge on any atom is -0.506 e. The summed E-state index contributed by atoms with van der Waals surface area (Å²) < 4.78 is 1.46. The Balaban J connectivity index is 1.99. The molecule has 0 aliphatic carbocycles. The van der Waals surface area contributed by atoms with E-state index in [0.717, 1.165) is 5.56 Å². The molecule has 0 saturated carbocycles. The van der Waals surface area contributed by atoms with E-state index in [2.05, 4.69) is 20.6 Å². The summed E-state index contributed by atoms with van der Waals surface area (Å²) in [6.45, 7) is 0.257. The summed E-state index contributed by atoms with van der Waals surface area (Å²) >= 11 is 0. The van der Waals surface area contributed by atoms with Gasteiger partial charge in [0.05, 0.1) is 12.1 Å². The lowest BCUT2D eigenvalue weighted by atomic mass is 10.1. The van der Waals surface area contributed by atoms with E-state index in [-0.39, 0.29) is 23.7 Å². The van der Waals surface area contributed by atoms with Gasteiger partial charge in [-0.1, -0.05) is 42.5 Å². The maximum absolute atomic E-state index is 13.0. The Morgan fingerprint density at radius 2 is 1.81 bits per heavy atom. The van der Waals surface area contributed by atoms with Gasteiger partial charge >= 0.3 is 0 Å². The molecule has 4 rings (SSSR count). The number of hydrogen-bond acceptors (Lipinski definition) is 6. The van der Waals surface area contributed by atoms with Crippen LogP contribution in [0.2, 0.25) is 0 Å². The number of carbonyl (C=O) groups excluding carboxylic acids is 1. The highest BCUT2D eigenvalue weighted by molar-refractivity contribution is 6.10. The second kappa shape index (κ2) is 6.25. The smallest absolute Gasteiger partial charge is 0.266 e. The second-order valence-electron chi connectivity index (χ2n) is 5.68. The van der Waals surface area contributed by atoms with E-state index in [9.17, 15) is 14.7 Å². The molecule has 0 spiro atoms. The fourth-order valence-corrected chi connectivity index (χ4v) is 2.89. The number of carbonyl (C=O) groups is 1. The van der Waals surface area contributed by atoms with Crippen molar-refractivity contribution in [2.75, 3.05) is 0 Å². The fraction of sp³-hybridized carbons (Fsp3) is 0.0556. The largest absolute Gasteiger partial charge is 0.506 e. The zero-order chi connectivity index (χ0) is 18.1. The molecule has 0 atom stereocenters. The predicted octanol–water partition coefficient (Wildman–Crippen LogP) is 1.50. The van der Waals surface area contributed by atoms with Crippen LogP contribution < -0.4 is 5.56 Å². The number of fused-ring (bicyclic) bond motifs is 1. The van der Waals surface area contributed by atoms with Crippen molar-refractivity contribution in [2.24, 2.45) is 0 Å². The molecule has 2 N–H and O–H groups in total. The summed E-state index contributed by atoms with van der Waals surface area (Å²) in [5, 5.41) is 23.7. The molecule has 8 nitrogen and oxygen atoms in total. The Morgan fingerprint density at radius 3 is 2.54 bits per heavy atom. The second-order valence-corrected chi connectivity index (χ2v) is 5.68. The molecule has 0 bridgehead atoms. The third kappa shape index (κ3) is 2.53. The first-order valence-corrected chi connectivity index (χ1v) is 7.83. The van der Waals surface area contributed by atoms with Crippen molar-refractivity contribution in [3.63, 3.8) is 0 Å². The lowest BCUT2D eigenvalue weighted by molar-refractivity contribution is 0.102. The van der Waals surface area contributed by atoms with Gasteiger partial charge in [0.15, 0.2) is 0 Å². The molecular weight excluding hydrogens is 334 g/mol. The minimum absolute atomic E-state index is 0.257. The number of nitrogens with zero attached hydrogens (tertiary/aromatic N) is 4. The van der Waals surface area contributed by atoms with Crippen LogP contribution in [0, 0.1) is 0 Å². The number of aromatic nitrogens is 5. The highest BCUT2D eigenvalue weighted by Gasteiger charge is 2.25. The zero-order valence-electron chi connectivity index (χ0n) is 13.5. The van der Waals surface area contributed by atoms with Crippen molar-refractivity contribution < 1.29 is 9.90 Å². The summed E-state index contributed by atoms with van der Waals surface area (Å²) in [5.41, 5.74) is 0.438. The SMILES string of the molecule is O=C(c1nn[nH]n1)c1c(O)c2ccccc2n(Cc2ccccc2)c1=O. The number of H-pyrrole nitrogens is 1. The molecule has 0 fully saturated rings. The summed E-state index contributed by atoms with van der Waals surface area (Å²) in [4.78, 5) is 25.7. The van der Waals surface area contributed by atoms with Gasteiger partial charge in [0.2, 0.25) is 11.6 Å². The van der Waals surface area contributed by atoms with E-state index >= 15 is 0 Å². The number of nitrogens with one attached hydrogen (secondary N) is 1. The molecule has 4 aromatic rings. The van der Waals surface area contributed by atoms with E-state index < -0.39 is 11.3 Å². The van der Waals surface area contributed by atoms with Gasteiger partial charge in [0.25, 0.3) is 5.56 Å². The van der Waals surface area contributed by atoms with Gasteiger partial charge in [-0.15, -0.1) is 10.2 Å². The summed E-state index contributed by atoms with van der Waals surface area (Å²) in [7, 11) is 0. The first-order chi connectivity index (χ1) is 12.7. The van der Waals surface area contributed by atoms with Gasteiger partial charge in [0.1, 0.15) is 11.3 Å². The Kier molecular flexibility index (Phi) is 3.77. The zero-order valence-corrected chi connectivity index (χ0v) is 13.5. The number of tetrazole rings is 1. The van der Waals surface area contributed by atoms with E-state index in [1.54, 1.807) is 24.3 Å². The van der Waals surface area contributed by atoms with Gasteiger partial charge in [-0.3, -0.25) is 9.59 Å². The molecule has 26 heavy (non-hydrogen) atoms. The van der Waals surface area contributed by atoms with Crippen molar-refractivity contribution in [1.82, 2.24) is 25.2 Å². The Morgan fingerprint density at radius 1 is 1.08 bits per heavy atom. The van der Waals surface area contributed by atoms with Crippen LogP contribution in [-0.4, -0.2) is 36.1 Å². The van der Waals surface area contributed by atoms with Crippen LogP contribution in [0.3, 0.4) is 0 Å². The number of aromatic hydroxyl groups is 1. The van der Waals surface area contributed by atoms with Crippen LogP contribution in [0.15, 0.2) is 59.4 Å². The minimum atomic E-state index is -0.784. The molecule has 0 saturated heterocycles. The average molecular weight is 347 g/mol. The molecule has 128 valence electrons. The topological polar surface area (TPSA) is 114 Å². The van der Waals surface area contributed by atoms with Crippen molar-refractivity contribution in [3.05, 3.63) is 81.9 Å². The number of pyridine rings is 1. The average Bonchev–Trinajstić information content (AvgIpc) is 3.21. The van der Waals surface area contributed by atoms with Crippen molar-refractivity contribution in [3.8, 4) is 5.75 Å². The maximum atomic E-state index is 13.0. The Labute approximate surface area is 146 Å². The van der Waals surface area contributed by atoms with Crippen LogP contribution in [-0.2, 0) is 6.54 Å². The highest BCUT2D eigenvalue weighted by Crippen LogP contribution is 2.27. The molecule has 2 aromatic carbocycles. The van der Waals surface area contributed by atoms with Gasteiger partial charge in [0, 0.05) is 5.39 Å². The first kappa shape index (κ1) is 15.7. The van der Waals surface area contributed by atoms with Crippen LogP contribution in [0.4, 0.5) is 0 Å². The molecule has 0 unspecified atom stereocenters. The molecule has 0 aliphatic heterocycles. The number of benzene rings is 2. The molecule has 2 aromatic heterocycles. The first-order valence-electron chi connectivity index (χ1n) is 7.83. The highest BCUT2D eigenvalue weighted by atomic mass is 16.3. The Bertz CT molecular complexity index is 1150. The number of hydrogen-bond donors (Lipinski definition) is 2. The third-order valence-corrected chi connectivity index (χ3v) is 4.10. The fourth-order valence-electron chi connectivity index (χ4n) is 2.89. The number of aromatic amines is 1. The van der Waals surface area contributed by atoms with E-state index in [0.29, 0.717) is 10.9 Å². The van der Waals surface area contributed by atoms with Gasteiger partial charge < -0.3 is 9.67 Å². The van der Waals surface area contributed by atoms with Gasteiger partial charge in [-0.05, 0) is 22.9 Å². The lowest BCUT2D eigenvalue weighted by Crippen LogP contribution is -2.28. The standard InChI is InChI=1S/C18H13N5O3/c24-15-12-8-4-5-9-13(12)23(10-11-6-2-1-3-7-11)18(26)14(15)16(25)17-19-21-22-20-17/h1-9,24H,10H2,(H,19,20,21,22). The van der Waals surface area contributed by atoms with Crippen molar-refractivity contribution in [1.29, 1.82) is 0 Å². The van der Waals surface area contributed by atoms with E-state index in [4.69, 9.17) is 0 Å². The predicted molar refractivity (Wildman–Crippen MR) is 93.0 cm³/mol. The normalized spacial score (nSPS) is 10.9. The number of para-hydroxylation sites is 1. The summed E-state index contributed by atoms with van der Waals surface area (Å²) in [6.07, 6.45) is 0. The molecule has 0 amide bonds. The molecule has 0 radical (unpaired) electrons. The van der Waals surface area contributed by atoms with Crippen LogP contribution >= 0.6 is 0 Å². The van der Waals surface area contributed by atoms with E-state index in [1.165, 1.54) is 4.57 Å². The van der Waals surface area contributed by atoms with Crippen molar-refractivity contribution in [2.45, 2.75) is 6.54 Å². The quantitative estimate of drug-likeness (QED) is 0.541. The van der Waals surface area contributed by atoms with Gasteiger partial charge in [-0.2, -0.15) is 5.21 Å². The van der Waals surface area contributed by atoms with Crippen LogP contribution in [0.5, 0.6) is 5.75 Å². The maximum Gasteiger partial charge on any atom is 0.266 e. The molecule has 2 heterocycles. The van der Waals surface area contributed by atoms with Crippen LogP contribution in [0.25, 0.3) is 10.9 Å². The summed E-state index contributed by atoms with van der Waals surface area (Å²) in [6, 6.07) is 16.3. The Hall–Kier alpha value is -3.81.